The highest BCUT2D eigenvalue weighted by Crippen LogP contribution is 2.25. The lowest BCUT2D eigenvalue weighted by Gasteiger charge is -2.36. The first-order valence-electron chi connectivity index (χ1n) is 6.79. The molecule has 1 aromatic rings. The maximum absolute atomic E-state index is 12.4. The number of aromatic nitrogens is 2. The first-order valence-corrected chi connectivity index (χ1v) is 6.79. The van der Waals surface area contributed by atoms with Gasteiger partial charge in [0.05, 0.1) is 6.54 Å². The molecule has 2 rings (SSSR count). The smallest absolute Gasteiger partial charge is 0.354 e. The molecular formula is C12H19F3N6. The molecule has 3 N–H and O–H groups in total. The Morgan fingerprint density at radius 2 is 1.90 bits per heavy atom. The van der Waals surface area contributed by atoms with E-state index >= 15 is 0 Å². The number of hydrazine groups is 1. The van der Waals surface area contributed by atoms with E-state index < -0.39 is 12.7 Å². The van der Waals surface area contributed by atoms with Crippen LogP contribution in [-0.4, -0.2) is 53.8 Å². The largest absolute Gasteiger partial charge is 0.401 e. The third-order valence-corrected chi connectivity index (χ3v) is 3.49. The summed E-state index contributed by atoms with van der Waals surface area (Å²) in [5.74, 6) is 6.72. The Labute approximate surface area is 121 Å². The number of hydrogen-bond acceptors (Lipinski definition) is 6. The fourth-order valence-electron chi connectivity index (χ4n) is 2.50. The maximum Gasteiger partial charge on any atom is 0.401 e. The molecule has 2 heterocycles. The molecule has 0 bridgehead atoms. The van der Waals surface area contributed by atoms with E-state index in [1.807, 2.05) is 11.8 Å². The van der Waals surface area contributed by atoms with Crippen molar-refractivity contribution in [3.63, 3.8) is 0 Å². The van der Waals surface area contributed by atoms with Crippen LogP contribution in [0.1, 0.15) is 12.5 Å². The van der Waals surface area contributed by atoms with Crippen molar-refractivity contribution in [3.05, 3.63) is 11.9 Å². The van der Waals surface area contributed by atoms with Crippen LogP contribution < -0.4 is 16.2 Å². The van der Waals surface area contributed by atoms with Crippen molar-refractivity contribution in [2.45, 2.75) is 19.5 Å². The van der Waals surface area contributed by atoms with Gasteiger partial charge in [0, 0.05) is 31.7 Å². The standard InChI is InChI=1S/C12H19F3N6/c1-2-9-10(19-16)17-8-18-11(9)21-5-3-20(4-6-21)7-12(13,14)15/h8H,2-7,16H2,1H3,(H,17,18,19). The van der Waals surface area contributed by atoms with Gasteiger partial charge in [-0.25, -0.2) is 15.8 Å². The fraction of sp³-hybridized carbons (Fsp3) is 0.667. The van der Waals surface area contributed by atoms with E-state index in [9.17, 15) is 13.2 Å². The minimum Gasteiger partial charge on any atom is -0.354 e. The second-order valence-corrected chi connectivity index (χ2v) is 4.90. The quantitative estimate of drug-likeness (QED) is 0.639. The Balaban J connectivity index is 2.06. The van der Waals surface area contributed by atoms with Crippen LogP contribution in [0, 0.1) is 0 Å². The SMILES string of the molecule is CCc1c(NN)ncnc1N1CCN(CC(F)(F)F)CC1. The van der Waals surface area contributed by atoms with Crippen molar-refractivity contribution in [2.75, 3.05) is 43.0 Å². The molecule has 1 aliphatic heterocycles. The average molecular weight is 304 g/mol. The van der Waals surface area contributed by atoms with E-state index in [4.69, 9.17) is 5.84 Å². The number of nitrogens with two attached hydrogens (primary N) is 1. The topological polar surface area (TPSA) is 70.3 Å². The van der Waals surface area contributed by atoms with Gasteiger partial charge in [-0.2, -0.15) is 13.2 Å². The molecule has 21 heavy (non-hydrogen) atoms. The van der Waals surface area contributed by atoms with Crippen LogP contribution in [-0.2, 0) is 6.42 Å². The van der Waals surface area contributed by atoms with Gasteiger partial charge in [-0.3, -0.25) is 4.90 Å². The first kappa shape index (κ1) is 15.8. The maximum atomic E-state index is 12.4. The van der Waals surface area contributed by atoms with Crippen LogP contribution in [0.5, 0.6) is 0 Å². The molecule has 0 unspecified atom stereocenters. The summed E-state index contributed by atoms with van der Waals surface area (Å²) in [6, 6.07) is 0. The van der Waals surface area contributed by atoms with Crippen LogP contribution in [0.25, 0.3) is 0 Å². The summed E-state index contributed by atoms with van der Waals surface area (Å²) in [6.07, 6.45) is -2.05. The zero-order valence-corrected chi connectivity index (χ0v) is 11.8. The minimum atomic E-state index is -4.15. The van der Waals surface area contributed by atoms with E-state index in [1.54, 1.807) is 0 Å². The lowest BCUT2D eigenvalue weighted by molar-refractivity contribution is -0.146. The fourth-order valence-corrected chi connectivity index (χ4v) is 2.50. The summed E-state index contributed by atoms with van der Waals surface area (Å²) < 4.78 is 37.1. The van der Waals surface area contributed by atoms with E-state index in [2.05, 4.69) is 15.4 Å². The number of hydrogen-bond donors (Lipinski definition) is 2. The molecule has 0 radical (unpaired) electrons. The van der Waals surface area contributed by atoms with Gasteiger partial charge in [0.1, 0.15) is 18.0 Å². The molecule has 0 saturated carbocycles. The van der Waals surface area contributed by atoms with Crippen LogP contribution in [0.15, 0.2) is 6.33 Å². The number of nitrogens with zero attached hydrogens (tertiary/aromatic N) is 4. The number of anilines is 2. The van der Waals surface area contributed by atoms with E-state index in [0.29, 0.717) is 38.4 Å². The van der Waals surface area contributed by atoms with Crippen molar-refractivity contribution in [2.24, 2.45) is 5.84 Å². The molecule has 9 heteroatoms. The number of alkyl halides is 3. The van der Waals surface area contributed by atoms with Crippen LogP contribution in [0.4, 0.5) is 24.8 Å². The highest BCUT2D eigenvalue weighted by Gasteiger charge is 2.32. The number of nitrogen functional groups attached to an aromatic ring is 1. The summed E-state index contributed by atoms with van der Waals surface area (Å²) in [5, 5.41) is 0. The van der Waals surface area contributed by atoms with Crippen molar-refractivity contribution in [1.82, 2.24) is 14.9 Å². The van der Waals surface area contributed by atoms with Gasteiger partial charge < -0.3 is 10.3 Å². The molecule has 0 aliphatic carbocycles. The van der Waals surface area contributed by atoms with Crippen LogP contribution in [0.3, 0.4) is 0 Å². The normalized spacial score (nSPS) is 17.1. The molecule has 6 nitrogen and oxygen atoms in total. The van der Waals surface area contributed by atoms with E-state index in [0.717, 1.165) is 11.4 Å². The Kier molecular flexibility index (Phi) is 4.84. The Morgan fingerprint density at radius 3 is 2.43 bits per heavy atom. The molecule has 118 valence electrons. The van der Waals surface area contributed by atoms with E-state index in [1.165, 1.54) is 11.2 Å². The number of piperazine rings is 1. The number of nitrogens with one attached hydrogen (secondary N) is 1. The van der Waals surface area contributed by atoms with Crippen LogP contribution in [0.2, 0.25) is 0 Å². The van der Waals surface area contributed by atoms with Gasteiger partial charge >= 0.3 is 6.18 Å². The molecule has 1 aliphatic rings. The summed E-state index contributed by atoms with van der Waals surface area (Å²) in [4.78, 5) is 11.7. The third kappa shape index (κ3) is 3.94. The van der Waals surface area contributed by atoms with Gasteiger partial charge in [0.25, 0.3) is 0 Å². The second-order valence-electron chi connectivity index (χ2n) is 4.90. The van der Waals surface area contributed by atoms with Gasteiger partial charge in [0.2, 0.25) is 0 Å². The predicted molar refractivity (Wildman–Crippen MR) is 73.9 cm³/mol. The molecular weight excluding hydrogens is 285 g/mol. The van der Waals surface area contributed by atoms with Gasteiger partial charge in [0.15, 0.2) is 0 Å². The molecule has 0 amide bonds. The second kappa shape index (κ2) is 6.44. The van der Waals surface area contributed by atoms with Crippen molar-refractivity contribution < 1.29 is 13.2 Å². The third-order valence-electron chi connectivity index (χ3n) is 3.49. The summed E-state index contributed by atoms with van der Waals surface area (Å²) in [7, 11) is 0. The lowest BCUT2D eigenvalue weighted by Crippen LogP contribution is -2.49. The Morgan fingerprint density at radius 1 is 1.24 bits per heavy atom. The Bertz CT molecular complexity index is 471. The van der Waals surface area contributed by atoms with Gasteiger partial charge in [-0.05, 0) is 6.42 Å². The van der Waals surface area contributed by atoms with Crippen LogP contribution >= 0.6 is 0 Å². The zero-order valence-electron chi connectivity index (χ0n) is 11.8. The first-order chi connectivity index (χ1) is 9.94. The molecule has 1 saturated heterocycles. The molecule has 0 aromatic carbocycles. The van der Waals surface area contributed by atoms with Crippen molar-refractivity contribution in [3.8, 4) is 0 Å². The van der Waals surface area contributed by atoms with Crippen molar-refractivity contribution in [1.29, 1.82) is 0 Å². The number of halogens is 3. The minimum absolute atomic E-state index is 0.359. The van der Waals surface area contributed by atoms with Crippen molar-refractivity contribution >= 4 is 11.6 Å². The zero-order chi connectivity index (χ0) is 15.5. The highest BCUT2D eigenvalue weighted by atomic mass is 19.4. The molecule has 1 aromatic heterocycles. The van der Waals surface area contributed by atoms with Gasteiger partial charge in [-0.15, -0.1) is 0 Å². The Hall–Kier alpha value is -1.61. The van der Waals surface area contributed by atoms with E-state index in [-0.39, 0.29) is 0 Å². The molecule has 0 atom stereocenters. The molecule has 1 fully saturated rings. The summed E-state index contributed by atoms with van der Waals surface area (Å²) in [6.45, 7) is 2.83. The lowest BCUT2D eigenvalue weighted by atomic mass is 10.2. The average Bonchev–Trinajstić information content (AvgIpc) is 2.45. The number of rotatable bonds is 4. The predicted octanol–water partition coefficient (Wildman–Crippen LogP) is 1.01. The highest BCUT2D eigenvalue weighted by molar-refractivity contribution is 5.58. The monoisotopic (exact) mass is 304 g/mol. The summed E-state index contributed by atoms with van der Waals surface area (Å²) in [5.41, 5.74) is 3.41. The summed E-state index contributed by atoms with van der Waals surface area (Å²) >= 11 is 0. The van der Waals surface area contributed by atoms with Gasteiger partial charge in [-0.1, -0.05) is 6.92 Å². The molecule has 0 spiro atoms.